The molecule has 0 N–H and O–H groups in total. The van der Waals surface area contributed by atoms with Gasteiger partial charge in [-0.2, -0.15) is 0 Å². The number of nitrogens with zero attached hydrogens (tertiary/aromatic N) is 1. The van der Waals surface area contributed by atoms with Crippen LogP contribution in [0.5, 0.6) is 5.75 Å². The topological polar surface area (TPSA) is 38.8 Å². The summed E-state index contributed by atoms with van der Waals surface area (Å²) in [6.45, 7) is 3.43. The molecular weight excluding hydrogens is 290 g/mol. The van der Waals surface area contributed by atoms with E-state index in [1.807, 2.05) is 36.4 Å². The van der Waals surface area contributed by atoms with Crippen LogP contribution in [0.15, 0.2) is 54.6 Å². The lowest BCUT2D eigenvalue weighted by Crippen LogP contribution is -2.39. The van der Waals surface area contributed by atoms with Crippen molar-refractivity contribution in [2.45, 2.75) is 25.9 Å². The van der Waals surface area contributed by atoms with Crippen molar-refractivity contribution in [3.8, 4) is 5.75 Å². The van der Waals surface area contributed by atoms with Crippen LogP contribution in [0.2, 0.25) is 0 Å². The van der Waals surface area contributed by atoms with E-state index in [2.05, 4.69) is 13.0 Å². The highest BCUT2D eigenvalue weighted by Gasteiger charge is 2.23. The third kappa shape index (κ3) is 4.33. The molecule has 0 spiro atoms. The van der Waals surface area contributed by atoms with Gasteiger partial charge in [0.25, 0.3) is 0 Å². The number of carbonyl (C=O) groups is 1. The highest BCUT2D eigenvalue weighted by Crippen LogP contribution is 2.20. The lowest BCUT2D eigenvalue weighted by Gasteiger charge is -2.30. The fraction of sp³-hybridized carbons (Fsp3) is 0.316. The van der Waals surface area contributed by atoms with Crippen LogP contribution in [0.25, 0.3) is 0 Å². The fourth-order valence-electron chi connectivity index (χ4n) is 2.67. The van der Waals surface area contributed by atoms with Crippen LogP contribution in [0, 0.1) is 6.92 Å². The van der Waals surface area contributed by atoms with Gasteiger partial charge in [-0.1, -0.05) is 30.3 Å². The van der Waals surface area contributed by atoms with Crippen LogP contribution in [-0.4, -0.2) is 30.2 Å². The van der Waals surface area contributed by atoms with Gasteiger partial charge in [0, 0.05) is 25.9 Å². The summed E-state index contributed by atoms with van der Waals surface area (Å²) in [5, 5.41) is 1.73. The predicted octanol–water partition coefficient (Wildman–Crippen LogP) is 3.61. The molecule has 4 heteroatoms. The summed E-state index contributed by atoms with van der Waals surface area (Å²) in [6.07, 6.45) is 1.86. The first kappa shape index (κ1) is 15.6. The maximum atomic E-state index is 12.0. The van der Waals surface area contributed by atoms with Gasteiger partial charge in [0.2, 0.25) is 0 Å². The molecule has 2 aromatic rings. The number of aryl methyl sites for hydroxylation is 1. The van der Waals surface area contributed by atoms with E-state index in [1.54, 1.807) is 17.2 Å². The summed E-state index contributed by atoms with van der Waals surface area (Å²) >= 11 is 0. The summed E-state index contributed by atoms with van der Waals surface area (Å²) in [6, 6.07) is 17.1. The van der Waals surface area contributed by atoms with Crippen molar-refractivity contribution in [2.24, 2.45) is 0 Å². The van der Waals surface area contributed by atoms with Gasteiger partial charge in [0.15, 0.2) is 0 Å². The molecule has 0 aromatic heterocycles. The summed E-state index contributed by atoms with van der Waals surface area (Å²) in [4.78, 5) is 17.5. The Balaban J connectivity index is 1.48. The van der Waals surface area contributed by atoms with E-state index >= 15 is 0 Å². The number of ether oxygens (including phenoxy) is 1. The molecule has 4 nitrogen and oxygen atoms in total. The molecule has 1 heterocycles. The predicted molar refractivity (Wildman–Crippen MR) is 88.3 cm³/mol. The van der Waals surface area contributed by atoms with Gasteiger partial charge in [0.1, 0.15) is 11.9 Å². The van der Waals surface area contributed by atoms with Crippen LogP contribution in [0.3, 0.4) is 0 Å². The Morgan fingerprint density at radius 2 is 1.78 bits per heavy atom. The number of piperidine rings is 1. The third-order valence-electron chi connectivity index (χ3n) is 3.91. The first-order valence-electron chi connectivity index (χ1n) is 7.96. The number of carbonyl (C=O) groups excluding carboxylic acids is 1. The second-order valence-electron chi connectivity index (χ2n) is 5.81. The maximum absolute atomic E-state index is 12.0. The third-order valence-corrected chi connectivity index (χ3v) is 3.91. The number of rotatable bonds is 4. The van der Waals surface area contributed by atoms with Gasteiger partial charge >= 0.3 is 5.97 Å². The zero-order valence-electron chi connectivity index (χ0n) is 13.3. The van der Waals surface area contributed by atoms with Gasteiger partial charge in [-0.25, -0.2) is 4.79 Å². The Morgan fingerprint density at radius 3 is 2.48 bits per heavy atom. The monoisotopic (exact) mass is 311 g/mol. The van der Waals surface area contributed by atoms with E-state index in [4.69, 9.17) is 9.57 Å². The smallest absolute Gasteiger partial charge is 0.357 e. The Hall–Kier alpha value is -2.33. The highest BCUT2D eigenvalue weighted by atomic mass is 16.7. The zero-order valence-corrected chi connectivity index (χ0v) is 13.3. The van der Waals surface area contributed by atoms with E-state index < -0.39 is 0 Å². The SMILES string of the molecule is Cc1cccc(OC2CCN(OC(=O)c3ccccc3)CC2)c1. The summed E-state index contributed by atoms with van der Waals surface area (Å²) in [5.74, 6) is 0.605. The summed E-state index contributed by atoms with van der Waals surface area (Å²) in [5.41, 5.74) is 1.77. The van der Waals surface area contributed by atoms with Crippen molar-refractivity contribution >= 4 is 5.97 Å². The van der Waals surface area contributed by atoms with Crippen molar-refractivity contribution in [3.63, 3.8) is 0 Å². The van der Waals surface area contributed by atoms with Crippen molar-refractivity contribution in [1.82, 2.24) is 5.06 Å². The fourth-order valence-corrected chi connectivity index (χ4v) is 2.67. The molecule has 3 rings (SSSR count). The quantitative estimate of drug-likeness (QED) is 0.864. The van der Waals surface area contributed by atoms with E-state index in [0.717, 1.165) is 18.6 Å². The average Bonchev–Trinajstić information content (AvgIpc) is 2.57. The van der Waals surface area contributed by atoms with Crippen molar-refractivity contribution in [1.29, 1.82) is 0 Å². The van der Waals surface area contributed by atoms with Crippen LogP contribution in [0.4, 0.5) is 0 Å². The van der Waals surface area contributed by atoms with Gasteiger partial charge in [0.05, 0.1) is 5.56 Å². The number of benzene rings is 2. The molecular formula is C19H21NO3. The second kappa shape index (κ2) is 7.29. The number of hydrogen-bond acceptors (Lipinski definition) is 4. The first-order chi connectivity index (χ1) is 11.2. The van der Waals surface area contributed by atoms with Gasteiger partial charge in [-0.15, -0.1) is 5.06 Å². The van der Waals surface area contributed by atoms with Crippen molar-refractivity contribution in [2.75, 3.05) is 13.1 Å². The Labute approximate surface area is 136 Å². The molecule has 0 bridgehead atoms. The van der Waals surface area contributed by atoms with Gasteiger partial charge < -0.3 is 9.57 Å². The molecule has 120 valence electrons. The minimum absolute atomic E-state index is 0.170. The minimum Gasteiger partial charge on any atom is -0.490 e. The molecule has 1 saturated heterocycles. The van der Waals surface area contributed by atoms with E-state index in [-0.39, 0.29) is 12.1 Å². The Morgan fingerprint density at radius 1 is 1.04 bits per heavy atom. The molecule has 0 atom stereocenters. The van der Waals surface area contributed by atoms with E-state index in [1.165, 1.54) is 5.56 Å². The molecule has 23 heavy (non-hydrogen) atoms. The zero-order chi connectivity index (χ0) is 16.1. The Bertz CT molecular complexity index is 649. The lowest BCUT2D eigenvalue weighted by molar-refractivity contribution is -0.131. The lowest BCUT2D eigenvalue weighted by atomic mass is 10.1. The van der Waals surface area contributed by atoms with Gasteiger partial charge in [-0.05, 0) is 36.8 Å². The molecule has 2 aromatic carbocycles. The molecule has 1 aliphatic rings. The Kier molecular flexibility index (Phi) is 4.93. The van der Waals surface area contributed by atoms with Crippen LogP contribution in [0.1, 0.15) is 28.8 Å². The largest absolute Gasteiger partial charge is 0.490 e. The molecule has 0 saturated carbocycles. The summed E-state index contributed by atoms with van der Waals surface area (Å²) in [7, 11) is 0. The molecule has 0 amide bonds. The number of hydroxylamine groups is 2. The molecule has 0 unspecified atom stereocenters. The standard InChI is InChI=1S/C19H21NO3/c1-15-6-5-9-18(14-15)22-17-10-12-20(13-11-17)23-19(21)16-7-3-2-4-8-16/h2-9,14,17H,10-13H2,1H3. The van der Waals surface area contributed by atoms with Crippen molar-refractivity contribution in [3.05, 3.63) is 65.7 Å². The van der Waals surface area contributed by atoms with E-state index in [9.17, 15) is 4.79 Å². The van der Waals surface area contributed by atoms with E-state index in [0.29, 0.717) is 18.7 Å². The molecule has 0 aliphatic carbocycles. The van der Waals surface area contributed by atoms with Crippen LogP contribution in [-0.2, 0) is 4.84 Å². The average molecular weight is 311 g/mol. The first-order valence-corrected chi connectivity index (χ1v) is 7.96. The molecule has 1 fully saturated rings. The second-order valence-corrected chi connectivity index (χ2v) is 5.81. The molecule has 1 aliphatic heterocycles. The van der Waals surface area contributed by atoms with Crippen molar-refractivity contribution < 1.29 is 14.4 Å². The van der Waals surface area contributed by atoms with Crippen LogP contribution >= 0.6 is 0 Å². The number of hydrogen-bond donors (Lipinski definition) is 0. The van der Waals surface area contributed by atoms with Crippen LogP contribution < -0.4 is 4.74 Å². The summed E-state index contributed by atoms with van der Waals surface area (Å²) < 4.78 is 6.01. The normalized spacial score (nSPS) is 16.0. The van der Waals surface area contributed by atoms with Gasteiger partial charge in [-0.3, -0.25) is 0 Å². The highest BCUT2D eigenvalue weighted by molar-refractivity contribution is 5.89. The minimum atomic E-state index is -0.302. The maximum Gasteiger partial charge on any atom is 0.357 e. The molecule has 0 radical (unpaired) electrons.